The Balaban J connectivity index is 2.16. The Morgan fingerprint density at radius 1 is 1.37 bits per heavy atom. The number of nitrogens with zero attached hydrogens (tertiary/aromatic N) is 1. The number of hydrogen-bond donors (Lipinski definition) is 0. The van der Waals surface area contributed by atoms with Crippen LogP contribution in [0.25, 0.3) is 0 Å². The van der Waals surface area contributed by atoms with Gasteiger partial charge in [-0.05, 0) is 38.1 Å². The Morgan fingerprint density at radius 2 is 2.05 bits per heavy atom. The van der Waals surface area contributed by atoms with Gasteiger partial charge in [-0.25, -0.2) is 9.18 Å². The fraction of sp³-hybridized carbons (Fsp3) is 0.231. The highest BCUT2D eigenvalue weighted by atomic mass is 19.1. The molecule has 0 saturated carbocycles. The minimum atomic E-state index is -0.572. The van der Waals surface area contributed by atoms with E-state index in [-0.39, 0.29) is 24.2 Å². The van der Waals surface area contributed by atoms with Gasteiger partial charge in [0.15, 0.2) is 5.69 Å². The summed E-state index contributed by atoms with van der Waals surface area (Å²) in [6, 6.07) is 5.35. The number of aromatic nitrogens is 1. The number of halogens is 1. The molecular weight excluding hydrogens is 253 g/mol. The molecule has 0 amide bonds. The Labute approximate surface area is 109 Å². The molecule has 1 aromatic heterocycles. The van der Waals surface area contributed by atoms with Crippen molar-refractivity contribution in [1.29, 1.82) is 0 Å². The van der Waals surface area contributed by atoms with Crippen molar-refractivity contribution in [3.63, 3.8) is 0 Å². The number of esters is 1. The highest BCUT2D eigenvalue weighted by Gasteiger charge is 2.19. The van der Waals surface area contributed by atoms with E-state index in [2.05, 4.69) is 4.98 Å². The molecule has 2 rings (SSSR count). The standard InChI is InChI=1S/C13H12FNO4/c1-3-17-12(16)11-8(2)18-13(15-11)19-10-6-4-9(14)5-7-10/h4-7H,3H2,1-2H3. The fourth-order valence-electron chi connectivity index (χ4n) is 1.41. The molecule has 0 radical (unpaired) electrons. The minimum absolute atomic E-state index is 0.0685. The van der Waals surface area contributed by atoms with Crippen molar-refractivity contribution in [2.75, 3.05) is 6.61 Å². The summed E-state index contributed by atoms with van der Waals surface area (Å²) in [5.41, 5.74) is 0.0685. The van der Waals surface area contributed by atoms with E-state index in [9.17, 15) is 9.18 Å². The molecule has 1 aromatic carbocycles. The van der Waals surface area contributed by atoms with Crippen LogP contribution in [0, 0.1) is 12.7 Å². The lowest BCUT2D eigenvalue weighted by Gasteiger charge is -1.99. The number of carbonyl (C=O) groups is 1. The van der Waals surface area contributed by atoms with Crippen molar-refractivity contribution in [2.24, 2.45) is 0 Å². The van der Waals surface area contributed by atoms with E-state index >= 15 is 0 Å². The zero-order chi connectivity index (χ0) is 13.8. The van der Waals surface area contributed by atoms with E-state index in [0.29, 0.717) is 11.5 Å². The van der Waals surface area contributed by atoms with Gasteiger partial charge in [0.05, 0.1) is 6.61 Å². The number of hydrogen-bond acceptors (Lipinski definition) is 5. The molecular formula is C13H12FNO4. The van der Waals surface area contributed by atoms with Crippen molar-refractivity contribution >= 4 is 5.97 Å². The first-order valence-corrected chi connectivity index (χ1v) is 5.68. The molecule has 0 saturated heterocycles. The van der Waals surface area contributed by atoms with Crippen LogP contribution in [0.15, 0.2) is 28.7 Å². The Hall–Kier alpha value is -2.37. The molecule has 0 spiro atoms. The van der Waals surface area contributed by atoms with Gasteiger partial charge in [-0.1, -0.05) is 0 Å². The van der Waals surface area contributed by atoms with Gasteiger partial charge in [-0.15, -0.1) is 0 Å². The predicted molar refractivity (Wildman–Crippen MR) is 63.7 cm³/mol. The van der Waals surface area contributed by atoms with Gasteiger partial charge in [0.25, 0.3) is 0 Å². The first-order chi connectivity index (χ1) is 9.10. The minimum Gasteiger partial charge on any atom is -0.461 e. The summed E-state index contributed by atoms with van der Waals surface area (Å²) in [7, 11) is 0. The number of benzene rings is 1. The summed E-state index contributed by atoms with van der Waals surface area (Å²) >= 11 is 0. The normalized spacial score (nSPS) is 10.3. The van der Waals surface area contributed by atoms with Crippen molar-refractivity contribution in [3.8, 4) is 11.8 Å². The summed E-state index contributed by atoms with van der Waals surface area (Å²) in [5.74, 6) is -0.283. The number of oxazole rings is 1. The van der Waals surface area contributed by atoms with E-state index in [0.717, 1.165) is 0 Å². The van der Waals surface area contributed by atoms with Gasteiger partial charge in [-0.2, -0.15) is 4.98 Å². The number of aryl methyl sites for hydroxylation is 1. The van der Waals surface area contributed by atoms with Crippen LogP contribution in [0.5, 0.6) is 11.8 Å². The molecule has 0 aliphatic rings. The molecule has 6 heteroatoms. The third kappa shape index (κ3) is 3.09. The van der Waals surface area contributed by atoms with Gasteiger partial charge in [-0.3, -0.25) is 0 Å². The SMILES string of the molecule is CCOC(=O)c1nc(Oc2ccc(F)cc2)oc1C. The molecule has 1 heterocycles. The highest BCUT2D eigenvalue weighted by Crippen LogP contribution is 2.23. The van der Waals surface area contributed by atoms with Crippen molar-refractivity contribution < 1.29 is 23.1 Å². The third-order valence-electron chi connectivity index (χ3n) is 2.26. The molecule has 0 bridgehead atoms. The van der Waals surface area contributed by atoms with Crippen LogP contribution in [0.4, 0.5) is 4.39 Å². The molecule has 0 N–H and O–H groups in total. The van der Waals surface area contributed by atoms with Crippen LogP contribution in [0.1, 0.15) is 23.2 Å². The van der Waals surface area contributed by atoms with E-state index in [4.69, 9.17) is 13.9 Å². The largest absolute Gasteiger partial charge is 0.461 e. The topological polar surface area (TPSA) is 61.6 Å². The molecule has 0 atom stereocenters. The predicted octanol–water partition coefficient (Wildman–Crippen LogP) is 3.09. The van der Waals surface area contributed by atoms with Gasteiger partial charge in [0.2, 0.25) is 0 Å². The third-order valence-corrected chi connectivity index (χ3v) is 2.26. The summed E-state index contributed by atoms with van der Waals surface area (Å²) in [5, 5.41) is 0. The zero-order valence-electron chi connectivity index (χ0n) is 10.5. The van der Waals surface area contributed by atoms with Crippen LogP contribution in [-0.2, 0) is 4.74 Å². The van der Waals surface area contributed by atoms with Crippen LogP contribution in [0.3, 0.4) is 0 Å². The monoisotopic (exact) mass is 265 g/mol. The molecule has 5 nitrogen and oxygen atoms in total. The Kier molecular flexibility index (Phi) is 3.79. The lowest BCUT2D eigenvalue weighted by molar-refractivity contribution is 0.0518. The maximum absolute atomic E-state index is 12.7. The van der Waals surface area contributed by atoms with Crippen molar-refractivity contribution in [1.82, 2.24) is 4.98 Å². The summed E-state index contributed by atoms with van der Waals surface area (Å²) in [6.07, 6.45) is -0.0906. The molecule has 0 aliphatic heterocycles. The fourth-order valence-corrected chi connectivity index (χ4v) is 1.41. The second-order valence-corrected chi connectivity index (χ2v) is 3.66. The van der Waals surface area contributed by atoms with E-state index < -0.39 is 5.97 Å². The zero-order valence-corrected chi connectivity index (χ0v) is 10.5. The van der Waals surface area contributed by atoms with Crippen LogP contribution >= 0.6 is 0 Å². The smallest absolute Gasteiger partial charge is 0.400 e. The van der Waals surface area contributed by atoms with E-state index in [1.54, 1.807) is 13.8 Å². The number of rotatable bonds is 4. The molecule has 0 aliphatic carbocycles. The van der Waals surface area contributed by atoms with E-state index in [1.165, 1.54) is 24.3 Å². The summed E-state index contributed by atoms with van der Waals surface area (Å²) in [4.78, 5) is 15.4. The average Bonchev–Trinajstić information content (AvgIpc) is 2.74. The average molecular weight is 265 g/mol. The first kappa shape index (κ1) is 13.1. The number of ether oxygens (including phenoxy) is 2. The highest BCUT2D eigenvalue weighted by molar-refractivity contribution is 5.88. The van der Waals surface area contributed by atoms with Gasteiger partial charge in [0.1, 0.15) is 17.3 Å². The quantitative estimate of drug-likeness (QED) is 0.795. The van der Waals surface area contributed by atoms with Gasteiger partial charge in [0, 0.05) is 0 Å². The second-order valence-electron chi connectivity index (χ2n) is 3.66. The number of carbonyl (C=O) groups excluding carboxylic acids is 1. The lowest BCUT2D eigenvalue weighted by atomic mass is 10.3. The molecule has 19 heavy (non-hydrogen) atoms. The van der Waals surface area contributed by atoms with E-state index in [1.807, 2.05) is 0 Å². The maximum atomic E-state index is 12.7. The molecule has 100 valence electrons. The Bertz CT molecular complexity index is 577. The van der Waals surface area contributed by atoms with Crippen molar-refractivity contribution in [3.05, 3.63) is 41.5 Å². The molecule has 2 aromatic rings. The van der Waals surface area contributed by atoms with Crippen LogP contribution in [0.2, 0.25) is 0 Å². The summed E-state index contributed by atoms with van der Waals surface area (Å²) in [6.45, 7) is 3.53. The second kappa shape index (κ2) is 5.51. The summed E-state index contributed by atoms with van der Waals surface area (Å²) < 4.78 is 28.0. The maximum Gasteiger partial charge on any atom is 0.400 e. The lowest BCUT2D eigenvalue weighted by Crippen LogP contribution is -2.06. The Morgan fingerprint density at radius 3 is 2.68 bits per heavy atom. The van der Waals surface area contributed by atoms with Crippen LogP contribution < -0.4 is 4.74 Å². The molecule has 0 fully saturated rings. The van der Waals surface area contributed by atoms with Crippen LogP contribution in [-0.4, -0.2) is 17.6 Å². The molecule has 0 unspecified atom stereocenters. The first-order valence-electron chi connectivity index (χ1n) is 5.68. The van der Waals surface area contributed by atoms with Gasteiger partial charge < -0.3 is 13.9 Å². The van der Waals surface area contributed by atoms with Gasteiger partial charge >= 0.3 is 12.0 Å². The van der Waals surface area contributed by atoms with Crippen molar-refractivity contribution in [2.45, 2.75) is 13.8 Å².